The van der Waals surface area contributed by atoms with Gasteiger partial charge < -0.3 is 4.74 Å². The van der Waals surface area contributed by atoms with Crippen LogP contribution in [-0.2, 0) is 20.1 Å². The summed E-state index contributed by atoms with van der Waals surface area (Å²) >= 11 is 0. The lowest BCUT2D eigenvalue weighted by molar-refractivity contribution is 0.121. The zero-order chi connectivity index (χ0) is 22.5. The first-order chi connectivity index (χ1) is 16.2. The minimum Gasteiger partial charge on any atom is -0.457 e. The Kier molecular flexibility index (Phi) is 6.46. The highest BCUT2D eigenvalue weighted by atomic mass is 16.5. The van der Waals surface area contributed by atoms with Gasteiger partial charge in [0, 0.05) is 69.8 Å². The van der Waals surface area contributed by atoms with Crippen LogP contribution >= 0.6 is 0 Å². The fourth-order valence-corrected chi connectivity index (χ4v) is 4.27. The molecule has 0 bridgehead atoms. The molecule has 6 heteroatoms. The van der Waals surface area contributed by atoms with Gasteiger partial charge in [-0.2, -0.15) is 5.10 Å². The fourth-order valence-electron chi connectivity index (χ4n) is 4.27. The van der Waals surface area contributed by atoms with Crippen LogP contribution in [0.4, 0.5) is 0 Å². The number of benzene rings is 2. The van der Waals surface area contributed by atoms with Crippen LogP contribution in [0.5, 0.6) is 11.5 Å². The normalized spacial score (nSPS) is 14.9. The van der Waals surface area contributed by atoms with Gasteiger partial charge in [-0.15, -0.1) is 0 Å². The lowest BCUT2D eigenvalue weighted by Gasteiger charge is -2.34. The molecule has 4 aromatic rings. The van der Waals surface area contributed by atoms with Crippen molar-refractivity contribution in [2.45, 2.75) is 13.1 Å². The third kappa shape index (κ3) is 5.48. The quantitative estimate of drug-likeness (QED) is 0.421. The number of aromatic nitrogens is 3. The monoisotopic (exact) mass is 439 g/mol. The second-order valence-electron chi connectivity index (χ2n) is 8.49. The molecule has 6 nitrogen and oxygen atoms in total. The number of piperazine rings is 1. The minimum atomic E-state index is 0.825. The maximum absolute atomic E-state index is 5.94. The van der Waals surface area contributed by atoms with Gasteiger partial charge in [-0.25, -0.2) is 0 Å². The van der Waals surface area contributed by atoms with E-state index in [0.717, 1.165) is 67.7 Å². The second-order valence-corrected chi connectivity index (χ2v) is 8.49. The van der Waals surface area contributed by atoms with Gasteiger partial charge >= 0.3 is 0 Å². The third-order valence-electron chi connectivity index (χ3n) is 5.98. The van der Waals surface area contributed by atoms with Crippen LogP contribution in [0, 0.1) is 0 Å². The molecule has 0 amide bonds. The Labute approximate surface area is 195 Å². The summed E-state index contributed by atoms with van der Waals surface area (Å²) in [4.78, 5) is 9.46. The van der Waals surface area contributed by atoms with Crippen molar-refractivity contribution in [2.75, 3.05) is 26.2 Å². The molecular weight excluding hydrogens is 410 g/mol. The average Bonchev–Trinajstić information content (AvgIpc) is 3.22. The molecule has 0 atom stereocenters. The van der Waals surface area contributed by atoms with E-state index in [1.165, 1.54) is 5.56 Å². The molecule has 0 aliphatic carbocycles. The van der Waals surface area contributed by atoms with Gasteiger partial charge in [0.1, 0.15) is 11.5 Å². The Morgan fingerprint density at radius 3 is 2.12 bits per heavy atom. The Morgan fingerprint density at radius 2 is 1.42 bits per heavy atom. The standard InChI is InChI=1S/C27H29N5O/c1-30-19-23(20-31-15-17-32(18-16-31)21-24-7-5-6-14-28-24)27(29-30)22-10-12-26(13-11-22)33-25-8-3-2-4-9-25/h2-14,19H,15-18,20-21H2,1H3. The van der Waals surface area contributed by atoms with Crippen LogP contribution in [0.25, 0.3) is 11.3 Å². The molecule has 1 aliphatic heterocycles. The van der Waals surface area contributed by atoms with Crippen molar-refractivity contribution >= 4 is 0 Å². The molecular formula is C27H29N5O. The fraction of sp³-hybridized carbons (Fsp3) is 0.259. The van der Waals surface area contributed by atoms with Crippen molar-refractivity contribution in [1.29, 1.82) is 0 Å². The molecule has 1 saturated heterocycles. The van der Waals surface area contributed by atoms with E-state index >= 15 is 0 Å². The number of ether oxygens (including phenoxy) is 1. The summed E-state index contributed by atoms with van der Waals surface area (Å²) in [5.74, 6) is 1.66. The highest BCUT2D eigenvalue weighted by Crippen LogP contribution is 2.28. The van der Waals surface area contributed by atoms with Gasteiger partial charge in [0.15, 0.2) is 0 Å². The number of nitrogens with zero attached hydrogens (tertiary/aromatic N) is 5. The summed E-state index contributed by atoms with van der Waals surface area (Å²) in [5.41, 5.74) is 4.55. The largest absolute Gasteiger partial charge is 0.457 e. The maximum atomic E-state index is 5.94. The molecule has 168 valence electrons. The number of hydrogen-bond donors (Lipinski definition) is 0. The van der Waals surface area contributed by atoms with Crippen LogP contribution in [0.2, 0.25) is 0 Å². The number of rotatable bonds is 7. The summed E-state index contributed by atoms with van der Waals surface area (Å²) in [6.07, 6.45) is 4.01. The van der Waals surface area contributed by atoms with Gasteiger partial charge in [0.05, 0.1) is 11.4 Å². The van der Waals surface area contributed by atoms with Crippen LogP contribution in [-0.4, -0.2) is 50.7 Å². The van der Waals surface area contributed by atoms with Crippen molar-refractivity contribution in [2.24, 2.45) is 7.05 Å². The van der Waals surface area contributed by atoms with Crippen molar-refractivity contribution in [3.8, 4) is 22.8 Å². The van der Waals surface area contributed by atoms with Gasteiger partial charge in [-0.05, 0) is 48.5 Å². The molecule has 0 unspecified atom stereocenters. The van der Waals surface area contributed by atoms with Crippen molar-refractivity contribution in [3.05, 3.63) is 96.4 Å². The van der Waals surface area contributed by atoms with Crippen LogP contribution in [0.15, 0.2) is 85.2 Å². The lowest BCUT2D eigenvalue weighted by atomic mass is 10.1. The van der Waals surface area contributed by atoms with E-state index in [0.29, 0.717) is 0 Å². The van der Waals surface area contributed by atoms with E-state index in [4.69, 9.17) is 9.84 Å². The molecule has 33 heavy (non-hydrogen) atoms. The number of para-hydroxylation sites is 1. The first kappa shape index (κ1) is 21.4. The Balaban J connectivity index is 1.21. The molecule has 1 fully saturated rings. The van der Waals surface area contributed by atoms with E-state index in [1.807, 2.05) is 66.5 Å². The topological polar surface area (TPSA) is 46.4 Å². The summed E-state index contributed by atoms with van der Waals surface area (Å²) in [6.45, 7) is 6.03. The molecule has 0 radical (unpaired) electrons. The predicted octanol–water partition coefficient (Wildman–Crippen LogP) is 4.59. The summed E-state index contributed by atoms with van der Waals surface area (Å²) in [5, 5.41) is 4.76. The summed E-state index contributed by atoms with van der Waals surface area (Å²) in [6, 6.07) is 24.2. The summed E-state index contributed by atoms with van der Waals surface area (Å²) < 4.78 is 7.85. The van der Waals surface area contributed by atoms with Crippen molar-refractivity contribution < 1.29 is 4.74 Å². The van der Waals surface area contributed by atoms with E-state index < -0.39 is 0 Å². The van der Waals surface area contributed by atoms with Crippen LogP contribution in [0.3, 0.4) is 0 Å². The first-order valence-electron chi connectivity index (χ1n) is 11.4. The second kappa shape index (κ2) is 9.98. The van der Waals surface area contributed by atoms with E-state index in [-0.39, 0.29) is 0 Å². The van der Waals surface area contributed by atoms with Gasteiger partial charge in [-0.1, -0.05) is 24.3 Å². The first-order valence-corrected chi connectivity index (χ1v) is 11.4. The molecule has 3 heterocycles. The zero-order valence-electron chi connectivity index (χ0n) is 19.0. The van der Waals surface area contributed by atoms with Gasteiger partial charge in [0.25, 0.3) is 0 Å². The molecule has 2 aromatic carbocycles. The molecule has 0 saturated carbocycles. The smallest absolute Gasteiger partial charge is 0.127 e. The van der Waals surface area contributed by atoms with E-state index in [9.17, 15) is 0 Å². The van der Waals surface area contributed by atoms with Gasteiger partial charge in [-0.3, -0.25) is 19.5 Å². The Hall–Kier alpha value is -3.48. The van der Waals surface area contributed by atoms with Crippen LogP contribution < -0.4 is 4.74 Å². The highest BCUT2D eigenvalue weighted by Gasteiger charge is 2.20. The summed E-state index contributed by atoms with van der Waals surface area (Å²) in [7, 11) is 1.99. The number of pyridine rings is 1. The Bertz CT molecular complexity index is 1150. The molecule has 5 rings (SSSR count). The molecule has 1 aliphatic rings. The predicted molar refractivity (Wildman–Crippen MR) is 130 cm³/mol. The number of hydrogen-bond acceptors (Lipinski definition) is 5. The molecule has 0 spiro atoms. The SMILES string of the molecule is Cn1cc(CN2CCN(Cc3ccccn3)CC2)c(-c2ccc(Oc3ccccc3)cc2)n1. The van der Waals surface area contributed by atoms with E-state index in [1.54, 1.807) is 0 Å². The maximum Gasteiger partial charge on any atom is 0.127 e. The van der Waals surface area contributed by atoms with Crippen LogP contribution in [0.1, 0.15) is 11.3 Å². The van der Waals surface area contributed by atoms with Gasteiger partial charge in [0.2, 0.25) is 0 Å². The number of aryl methyl sites for hydroxylation is 1. The lowest BCUT2D eigenvalue weighted by Crippen LogP contribution is -2.45. The average molecular weight is 440 g/mol. The highest BCUT2D eigenvalue weighted by molar-refractivity contribution is 5.63. The zero-order valence-corrected chi connectivity index (χ0v) is 19.0. The van der Waals surface area contributed by atoms with Crippen molar-refractivity contribution in [3.63, 3.8) is 0 Å². The van der Waals surface area contributed by atoms with Crippen molar-refractivity contribution in [1.82, 2.24) is 24.6 Å². The molecule has 2 aromatic heterocycles. The minimum absolute atomic E-state index is 0.825. The Morgan fingerprint density at radius 1 is 0.758 bits per heavy atom. The van der Waals surface area contributed by atoms with E-state index in [2.05, 4.69) is 45.2 Å². The molecule has 0 N–H and O–H groups in total. The third-order valence-corrected chi connectivity index (χ3v) is 5.98.